The number of allylic oxidation sites excluding steroid dienone is 1. The molecule has 1 aliphatic carbocycles. The standard InChI is InChI=1S/C21H26F4O3/c22-18-14-17(8-10-19(18)28-21(23,24)25)7-6-15-2-4-16(5-3-15)9-11-20-26-12-1-13-27-20/h6-8,10,14-16,20H,1-5,9,11-13H2. The molecular weight excluding hydrogens is 376 g/mol. The van der Waals surface area contributed by atoms with Gasteiger partial charge in [0, 0.05) is 0 Å². The van der Waals surface area contributed by atoms with Gasteiger partial charge in [0.2, 0.25) is 0 Å². The Morgan fingerprint density at radius 2 is 1.75 bits per heavy atom. The summed E-state index contributed by atoms with van der Waals surface area (Å²) in [5.74, 6) is -0.742. The molecule has 0 unspecified atom stereocenters. The van der Waals surface area contributed by atoms with Crippen LogP contribution in [-0.4, -0.2) is 25.9 Å². The molecule has 156 valence electrons. The first-order valence-electron chi connectivity index (χ1n) is 9.86. The second kappa shape index (κ2) is 9.74. The molecule has 1 aliphatic heterocycles. The van der Waals surface area contributed by atoms with Gasteiger partial charge in [0.15, 0.2) is 17.9 Å². The summed E-state index contributed by atoms with van der Waals surface area (Å²) in [4.78, 5) is 0. The normalized spacial score (nSPS) is 24.6. The summed E-state index contributed by atoms with van der Waals surface area (Å²) in [6, 6.07) is 3.50. The molecule has 3 rings (SSSR count). The van der Waals surface area contributed by atoms with E-state index in [9.17, 15) is 17.6 Å². The van der Waals surface area contributed by atoms with Crippen LogP contribution in [0.2, 0.25) is 0 Å². The van der Waals surface area contributed by atoms with Crippen molar-refractivity contribution in [2.45, 2.75) is 57.6 Å². The number of halogens is 4. The summed E-state index contributed by atoms with van der Waals surface area (Å²) in [5, 5.41) is 0. The molecule has 0 N–H and O–H groups in total. The summed E-state index contributed by atoms with van der Waals surface area (Å²) in [5.41, 5.74) is 0.528. The molecule has 7 heteroatoms. The minimum absolute atomic E-state index is 0.0504. The second-order valence-electron chi connectivity index (χ2n) is 7.48. The van der Waals surface area contributed by atoms with Gasteiger partial charge >= 0.3 is 6.36 Å². The van der Waals surface area contributed by atoms with Crippen LogP contribution >= 0.6 is 0 Å². The molecule has 0 atom stereocenters. The van der Waals surface area contributed by atoms with Gasteiger partial charge in [0.25, 0.3) is 0 Å². The van der Waals surface area contributed by atoms with Crippen molar-refractivity contribution in [1.29, 1.82) is 0 Å². The van der Waals surface area contributed by atoms with Gasteiger partial charge in [-0.1, -0.05) is 18.2 Å². The Kier molecular flexibility index (Phi) is 7.35. The molecule has 1 aromatic carbocycles. The molecule has 1 aromatic rings. The van der Waals surface area contributed by atoms with Crippen molar-refractivity contribution in [2.24, 2.45) is 11.8 Å². The zero-order chi connectivity index (χ0) is 20.0. The van der Waals surface area contributed by atoms with Crippen LogP contribution in [0.1, 0.15) is 50.5 Å². The third-order valence-corrected chi connectivity index (χ3v) is 5.34. The zero-order valence-electron chi connectivity index (χ0n) is 15.7. The van der Waals surface area contributed by atoms with E-state index >= 15 is 0 Å². The van der Waals surface area contributed by atoms with E-state index in [1.54, 1.807) is 6.08 Å². The maximum absolute atomic E-state index is 13.8. The van der Waals surface area contributed by atoms with Gasteiger partial charge in [-0.2, -0.15) is 0 Å². The third-order valence-electron chi connectivity index (χ3n) is 5.34. The molecule has 2 fully saturated rings. The average molecular weight is 402 g/mol. The lowest BCUT2D eigenvalue weighted by Crippen LogP contribution is -2.26. The first-order chi connectivity index (χ1) is 13.4. The van der Waals surface area contributed by atoms with E-state index in [1.807, 2.05) is 6.08 Å². The maximum Gasteiger partial charge on any atom is 0.573 e. The fourth-order valence-electron chi connectivity index (χ4n) is 3.82. The highest BCUT2D eigenvalue weighted by atomic mass is 19.4. The zero-order valence-corrected chi connectivity index (χ0v) is 15.7. The molecule has 1 saturated carbocycles. The Balaban J connectivity index is 1.42. The molecule has 0 amide bonds. The molecular formula is C21H26F4O3. The van der Waals surface area contributed by atoms with E-state index in [1.165, 1.54) is 6.07 Å². The summed E-state index contributed by atoms with van der Waals surface area (Å²) in [7, 11) is 0. The SMILES string of the molecule is Fc1cc(C=CC2CCC(CCC3OCCCO3)CC2)ccc1OC(F)(F)F. The van der Waals surface area contributed by atoms with E-state index in [2.05, 4.69) is 4.74 Å². The van der Waals surface area contributed by atoms with E-state index in [0.29, 0.717) is 17.4 Å². The number of alkyl halides is 3. The van der Waals surface area contributed by atoms with E-state index in [0.717, 1.165) is 70.3 Å². The minimum atomic E-state index is -4.90. The van der Waals surface area contributed by atoms with E-state index < -0.39 is 17.9 Å². The van der Waals surface area contributed by atoms with Crippen molar-refractivity contribution < 1.29 is 31.8 Å². The van der Waals surface area contributed by atoms with Gasteiger partial charge in [-0.15, -0.1) is 13.2 Å². The van der Waals surface area contributed by atoms with E-state index in [-0.39, 0.29) is 6.29 Å². The van der Waals surface area contributed by atoms with Crippen molar-refractivity contribution in [3.05, 3.63) is 35.7 Å². The lowest BCUT2D eigenvalue weighted by Gasteiger charge is -2.29. The van der Waals surface area contributed by atoms with Crippen LogP contribution in [0.4, 0.5) is 17.6 Å². The van der Waals surface area contributed by atoms with Crippen LogP contribution in [-0.2, 0) is 9.47 Å². The van der Waals surface area contributed by atoms with Gasteiger partial charge in [-0.05, 0) is 74.5 Å². The molecule has 0 radical (unpaired) electrons. The van der Waals surface area contributed by atoms with Crippen LogP contribution in [0.3, 0.4) is 0 Å². The largest absolute Gasteiger partial charge is 0.573 e. The topological polar surface area (TPSA) is 27.7 Å². The van der Waals surface area contributed by atoms with Crippen LogP contribution in [0.25, 0.3) is 6.08 Å². The predicted octanol–water partition coefficient (Wildman–Crippen LogP) is 6.09. The Hall–Kier alpha value is -1.60. The fourth-order valence-corrected chi connectivity index (χ4v) is 3.82. The molecule has 3 nitrogen and oxygen atoms in total. The van der Waals surface area contributed by atoms with Gasteiger partial charge < -0.3 is 14.2 Å². The minimum Gasteiger partial charge on any atom is -0.403 e. The van der Waals surface area contributed by atoms with Crippen molar-refractivity contribution >= 4 is 6.08 Å². The third kappa shape index (κ3) is 6.78. The van der Waals surface area contributed by atoms with Crippen LogP contribution in [0.5, 0.6) is 5.75 Å². The molecule has 0 spiro atoms. The number of hydrogen-bond donors (Lipinski definition) is 0. The number of hydrogen-bond acceptors (Lipinski definition) is 3. The molecule has 1 saturated heterocycles. The van der Waals surface area contributed by atoms with Crippen LogP contribution in [0.15, 0.2) is 24.3 Å². The van der Waals surface area contributed by atoms with Crippen molar-refractivity contribution in [1.82, 2.24) is 0 Å². The fraction of sp³-hybridized carbons (Fsp3) is 0.619. The van der Waals surface area contributed by atoms with Gasteiger partial charge in [-0.25, -0.2) is 4.39 Å². The highest BCUT2D eigenvalue weighted by Crippen LogP contribution is 2.34. The number of ether oxygens (including phenoxy) is 3. The highest BCUT2D eigenvalue weighted by Gasteiger charge is 2.32. The Morgan fingerprint density at radius 3 is 2.39 bits per heavy atom. The lowest BCUT2D eigenvalue weighted by molar-refractivity contribution is -0.275. The maximum atomic E-state index is 13.8. The summed E-state index contributed by atoms with van der Waals surface area (Å²) < 4.78 is 65.1. The number of rotatable bonds is 6. The smallest absolute Gasteiger partial charge is 0.403 e. The molecule has 28 heavy (non-hydrogen) atoms. The number of benzene rings is 1. The van der Waals surface area contributed by atoms with Crippen molar-refractivity contribution in [2.75, 3.05) is 13.2 Å². The Morgan fingerprint density at radius 1 is 1.04 bits per heavy atom. The van der Waals surface area contributed by atoms with Crippen LogP contribution in [0, 0.1) is 17.7 Å². The quantitative estimate of drug-likeness (QED) is 0.539. The summed E-state index contributed by atoms with van der Waals surface area (Å²) >= 11 is 0. The average Bonchev–Trinajstić information content (AvgIpc) is 2.67. The predicted molar refractivity (Wildman–Crippen MR) is 97.1 cm³/mol. The molecule has 0 bridgehead atoms. The first kappa shape index (κ1) is 21.1. The van der Waals surface area contributed by atoms with Gasteiger partial charge in [0.1, 0.15) is 0 Å². The van der Waals surface area contributed by atoms with Crippen molar-refractivity contribution in [3.8, 4) is 5.75 Å². The Labute approximate surface area is 162 Å². The first-order valence-corrected chi connectivity index (χ1v) is 9.86. The van der Waals surface area contributed by atoms with Gasteiger partial charge in [-0.3, -0.25) is 0 Å². The molecule has 1 heterocycles. The van der Waals surface area contributed by atoms with Crippen LogP contribution < -0.4 is 4.74 Å². The second-order valence-corrected chi connectivity index (χ2v) is 7.48. The summed E-state index contributed by atoms with van der Waals surface area (Å²) in [6.07, 6.45) is 6.26. The Bertz CT molecular complexity index is 646. The highest BCUT2D eigenvalue weighted by molar-refractivity contribution is 5.51. The molecule has 2 aliphatic rings. The summed E-state index contributed by atoms with van der Waals surface area (Å²) in [6.45, 7) is 1.57. The van der Waals surface area contributed by atoms with E-state index in [4.69, 9.17) is 9.47 Å². The monoisotopic (exact) mass is 402 g/mol. The lowest BCUT2D eigenvalue weighted by atomic mass is 9.79. The van der Waals surface area contributed by atoms with Crippen molar-refractivity contribution in [3.63, 3.8) is 0 Å². The van der Waals surface area contributed by atoms with Gasteiger partial charge in [0.05, 0.1) is 13.2 Å². The molecule has 0 aromatic heterocycles.